The summed E-state index contributed by atoms with van der Waals surface area (Å²) < 4.78 is 11.3. The highest BCUT2D eigenvalue weighted by atomic mass is 16.5. The highest BCUT2D eigenvalue weighted by Gasteiger charge is 2.28. The first kappa shape index (κ1) is 24.4. The van der Waals surface area contributed by atoms with Crippen molar-refractivity contribution in [3.05, 3.63) is 59.7 Å². The molecular weight excluding hydrogens is 428 g/mol. The van der Waals surface area contributed by atoms with Gasteiger partial charge in [0.25, 0.3) is 0 Å². The summed E-state index contributed by atoms with van der Waals surface area (Å²) in [6, 6.07) is 16.3. The van der Waals surface area contributed by atoms with Gasteiger partial charge in [0, 0.05) is 24.2 Å². The van der Waals surface area contributed by atoms with E-state index in [1.54, 1.807) is 14.2 Å². The molecule has 2 fully saturated rings. The topological polar surface area (TPSA) is 66.1 Å². The molecule has 184 valence electrons. The Morgan fingerprint density at radius 2 is 1.12 bits per heavy atom. The Morgan fingerprint density at radius 3 is 1.50 bits per heavy atom. The Morgan fingerprint density at radius 1 is 0.735 bits per heavy atom. The Hall–Kier alpha value is -2.77. The van der Waals surface area contributed by atoms with Gasteiger partial charge in [0.1, 0.15) is 11.5 Å². The van der Waals surface area contributed by atoms with Gasteiger partial charge < -0.3 is 20.1 Å². The fraction of sp³-hybridized carbons (Fsp3) is 0.519. The number of carbonyl (C=O) groups excluding carboxylic acids is 1. The van der Waals surface area contributed by atoms with Crippen LogP contribution in [0.4, 0.5) is 4.79 Å². The zero-order chi connectivity index (χ0) is 23.8. The zero-order valence-corrected chi connectivity index (χ0v) is 20.5. The number of nitrogens with one attached hydrogen (secondary N) is 2. The van der Waals surface area contributed by atoms with Crippen LogP contribution < -0.4 is 20.1 Å². The van der Waals surface area contributed by atoms with Crippen molar-refractivity contribution in [1.29, 1.82) is 0 Å². The first-order chi connectivity index (χ1) is 16.7. The number of methoxy groups -OCH3 is 2. The van der Waals surface area contributed by atoms with Gasteiger partial charge in [-0.05, 0) is 64.0 Å². The second-order valence-corrected chi connectivity index (χ2v) is 9.09. The summed E-state index contributed by atoms with van der Waals surface area (Å²) in [5.41, 5.74) is 2.24. The average Bonchev–Trinajstić information content (AvgIpc) is 3.60. The second kappa shape index (κ2) is 12.1. The standard InChI is InChI=1S/C27H38N4O3/c1-33-25-13-5-3-11-21(25)23(30-15-7-8-16-30)19-28-27(32)29-20-24(31-17-9-10-18-31)22-12-4-6-14-26(22)34-2/h3-6,11-14,23-24H,7-10,15-20H2,1-2H3,(H2,28,29,32). The van der Waals surface area contributed by atoms with Crippen molar-refractivity contribution >= 4 is 6.03 Å². The Balaban J connectivity index is 1.41. The number of nitrogens with zero attached hydrogens (tertiary/aromatic N) is 2. The maximum absolute atomic E-state index is 12.9. The summed E-state index contributed by atoms with van der Waals surface area (Å²) in [6.07, 6.45) is 4.76. The van der Waals surface area contributed by atoms with E-state index in [2.05, 4.69) is 32.6 Å². The number of para-hydroxylation sites is 2. The molecule has 2 heterocycles. The minimum Gasteiger partial charge on any atom is -0.496 e. The van der Waals surface area contributed by atoms with Crippen LogP contribution in [-0.4, -0.2) is 69.3 Å². The first-order valence-corrected chi connectivity index (χ1v) is 12.5. The number of urea groups is 1. The second-order valence-electron chi connectivity index (χ2n) is 9.09. The van der Waals surface area contributed by atoms with Crippen molar-refractivity contribution in [2.45, 2.75) is 37.8 Å². The van der Waals surface area contributed by atoms with Crippen LogP contribution in [0.5, 0.6) is 11.5 Å². The molecule has 2 amide bonds. The molecule has 0 spiro atoms. The monoisotopic (exact) mass is 466 g/mol. The molecule has 2 saturated heterocycles. The number of rotatable bonds is 10. The first-order valence-electron chi connectivity index (χ1n) is 12.5. The van der Waals surface area contributed by atoms with E-state index >= 15 is 0 Å². The molecule has 2 aliphatic heterocycles. The van der Waals surface area contributed by atoms with Crippen molar-refractivity contribution in [3.63, 3.8) is 0 Å². The van der Waals surface area contributed by atoms with Crippen LogP contribution in [0, 0.1) is 0 Å². The van der Waals surface area contributed by atoms with E-state index in [1.807, 2.05) is 36.4 Å². The fourth-order valence-corrected chi connectivity index (χ4v) is 5.30. The molecule has 7 nitrogen and oxygen atoms in total. The van der Waals surface area contributed by atoms with Gasteiger partial charge in [0.05, 0.1) is 26.3 Å². The maximum Gasteiger partial charge on any atom is 0.314 e. The maximum atomic E-state index is 12.9. The van der Waals surface area contributed by atoms with Gasteiger partial charge in [-0.2, -0.15) is 0 Å². The highest BCUT2D eigenvalue weighted by Crippen LogP contribution is 2.32. The van der Waals surface area contributed by atoms with Gasteiger partial charge in [-0.25, -0.2) is 4.79 Å². The molecule has 2 aromatic rings. The van der Waals surface area contributed by atoms with E-state index in [4.69, 9.17) is 9.47 Å². The molecule has 2 aliphatic rings. The molecule has 7 heteroatoms. The third-order valence-corrected chi connectivity index (χ3v) is 7.07. The smallest absolute Gasteiger partial charge is 0.314 e. The number of benzene rings is 2. The highest BCUT2D eigenvalue weighted by molar-refractivity contribution is 5.74. The van der Waals surface area contributed by atoms with Crippen molar-refractivity contribution in [1.82, 2.24) is 20.4 Å². The van der Waals surface area contributed by atoms with E-state index in [1.165, 1.54) is 25.7 Å². The van der Waals surface area contributed by atoms with Crippen LogP contribution in [-0.2, 0) is 0 Å². The Labute approximate surface area is 203 Å². The molecule has 0 aromatic heterocycles. The van der Waals surface area contributed by atoms with Gasteiger partial charge in [-0.15, -0.1) is 0 Å². The summed E-state index contributed by atoms with van der Waals surface area (Å²) in [4.78, 5) is 17.8. The largest absolute Gasteiger partial charge is 0.496 e. The average molecular weight is 467 g/mol. The van der Waals surface area contributed by atoms with E-state index in [0.29, 0.717) is 13.1 Å². The van der Waals surface area contributed by atoms with E-state index in [9.17, 15) is 4.79 Å². The zero-order valence-electron chi connectivity index (χ0n) is 20.5. The molecule has 4 rings (SSSR count). The molecule has 0 radical (unpaired) electrons. The lowest BCUT2D eigenvalue weighted by Crippen LogP contribution is -2.44. The SMILES string of the molecule is COc1ccccc1C(CNC(=O)NCC(c1ccccc1OC)N1CCCC1)N1CCCC1. The van der Waals surface area contributed by atoms with Crippen molar-refractivity contribution in [3.8, 4) is 11.5 Å². The normalized spacial score (nSPS) is 18.4. The summed E-state index contributed by atoms with van der Waals surface area (Å²) >= 11 is 0. The Bertz CT molecular complexity index is 852. The van der Waals surface area contributed by atoms with Gasteiger partial charge in [0.2, 0.25) is 0 Å². The molecule has 0 aliphatic carbocycles. The van der Waals surface area contributed by atoms with Crippen LogP contribution in [0.2, 0.25) is 0 Å². The minimum atomic E-state index is -0.141. The molecule has 2 atom stereocenters. The van der Waals surface area contributed by atoms with Crippen LogP contribution in [0.3, 0.4) is 0 Å². The van der Waals surface area contributed by atoms with Gasteiger partial charge in [0.15, 0.2) is 0 Å². The molecule has 2 N–H and O–H groups in total. The third-order valence-electron chi connectivity index (χ3n) is 7.07. The Kier molecular flexibility index (Phi) is 8.66. The summed E-state index contributed by atoms with van der Waals surface area (Å²) in [7, 11) is 3.41. The predicted octanol–water partition coefficient (Wildman–Crippen LogP) is 3.98. The summed E-state index contributed by atoms with van der Waals surface area (Å²) in [5.74, 6) is 1.73. The summed E-state index contributed by atoms with van der Waals surface area (Å²) in [5, 5.41) is 6.28. The van der Waals surface area contributed by atoms with Crippen molar-refractivity contribution in [2.24, 2.45) is 0 Å². The van der Waals surface area contributed by atoms with Crippen molar-refractivity contribution < 1.29 is 14.3 Å². The number of carbonyl (C=O) groups is 1. The number of ether oxygens (including phenoxy) is 2. The molecule has 34 heavy (non-hydrogen) atoms. The van der Waals surface area contributed by atoms with Crippen LogP contribution in [0.15, 0.2) is 48.5 Å². The van der Waals surface area contributed by atoms with E-state index in [0.717, 1.165) is 48.8 Å². The van der Waals surface area contributed by atoms with Gasteiger partial charge in [-0.3, -0.25) is 9.80 Å². The van der Waals surface area contributed by atoms with Gasteiger partial charge in [-0.1, -0.05) is 36.4 Å². The number of likely N-dealkylation sites (tertiary alicyclic amines) is 2. The van der Waals surface area contributed by atoms with Crippen LogP contribution in [0.1, 0.15) is 48.9 Å². The third kappa shape index (κ3) is 5.83. The van der Waals surface area contributed by atoms with Crippen LogP contribution in [0.25, 0.3) is 0 Å². The van der Waals surface area contributed by atoms with E-state index in [-0.39, 0.29) is 18.1 Å². The lowest BCUT2D eigenvalue weighted by molar-refractivity contribution is 0.208. The molecule has 0 saturated carbocycles. The number of amides is 2. The van der Waals surface area contributed by atoms with Gasteiger partial charge >= 0.3 is 6.03 Å². The predicted molar refractivity (Wildman–Crippen MR) is 134 cm³/mol. The quantitative estimate of drug-likeness (QED) is 0.555. The molecule has 2 aromatic carbocycles. The van der Waals surface area contributed by atoms with Crippen molar-refractivity contribution in [2.75, 3.05) is 53.5 Å². The minimum absolute atomic E-state index is 0.0907. The van der Waals surface area contributed by atoms with E-state index < -0.39 is 0 Å². The fourth-order valence-electron chi connectivity index (χ4n) is 5.30. The number of hydrogen-bond acceptors (Lipinski definition) is 5. The molecule has 2 unspecified atom stereocenters. The summed E-state index contributed by atoms with van der Waals surface area (Å²) in [6.45, 7) is 5.23. The lowest BCUT2D eigenvalue weighted by atomic mass is 10.0. The lowest BCUT2D eigenvalue weighted by Gasteiger charge is -2.30. The molecular formula is C27H38N4O3. The number of hydrogen-bond donors (Lipinski definition) is 2. The van der Waals surface area contributed by atoms with Crippen LogP contribution >= 0.6 is 0 Å². The molecule has 0 bridgehead atoms.